The molecule has 1 aromatic carbocycles. The highest BCUT2D eigenvalue weighted by molar-refractivity contribution is 5.85. The van der Waals surface area contributed by atoms with Crippen molar-refractivity contribution in [2.45, 2.75) is 57.7 Å². The predicted molar refractivity (Wildman–Crippen MR) is 119 cm³/mol. The minimum Gasteiger partial charge on any atom is -0.337 e. The van der Waals surface area contributed by atoms with E-state index in [4.69, 9.17) is 5.73 Å². The number of carbonyl (C=O) groups excluding carboxylic acids is 1. The van der Waals surface area contributed by atoms with E-state index in [-0.39, 0.29) is 30.7 Å². The summed E-state index contributed by atoms with van der Waals surface area (Å²) in [4.78, 5) is 17.9. The van der Waals surface area contributed by atoms with Crippen LogP contribution in [-0.2, 0) is 11.3 Å². The maximum atomic E-state index is 13.2. The van der Waals surface area contributed by atoms with Gasteiger partial charge in [-0.05, 0) is 50.0 Å². The zero-order valence-corrected chi connectivity index (χ0v) is 18.5. The van der Waals surface area contributed by atoms with Gasteiger partial charge in [0.1, 0.15) is 0 Å². The van der Waals surface area contributed by atoms with Gasteiger partial charge in [-0.25, -0.2) is 0 Å². The molecule has 158 valence electrons. The molecule has 4 nitrogen and oxygen atoms in total. The minimum absolute atomic E-state index is 0. The van der Waals surface area contributed by atoms with E-state index in [1.165, 1.54) is 24.8 Å². The molecule has 3 fully saturated rings. The fraction of sp³-hybridized carbons (Fsp3) is 0.682. The van der Waals surface area contributed by atoms with E-state index in [9.17, 15) is 4.79 Å². The third kappa shape index (κ3) is 5.02. The van der Waals surface area contributed by atoms with Gasteiger partial charge in [-0.15, -0.1) is 24.8 Å². The highest BCUT2D eigenvalue weighted by Gasteiger charge is 2.42. The molecule has 0 aromatic heterocycles. The van der Waals surface area contributed by atoms with Gasteiger partial charge < -0.3 is 10.6 Å². The summed E-state index contributed by atoms with van der Waals surface area (Å²) in [6, 6.07) is 11.3. The summed E-state index contributed by atoms with van der Waals surface area (Å²) in [5, 5.41) is 0. The summed E-state index contributed by atoms with van der Waals surface area (Å²) in [6.45, 7) is 6.01. The Morgan fingerprint density at radius 2 is 1.71 bits per heavy atom. The summed E-state index contributed by atoms with van der Waals surface area (Å²) in [5.74, 6) is 1.77. The first-order chi connectivity index (χ1) is 12.6. The molecule has 1 saturated heterocycles. The molecule has 1 aromatic rings. The smallest absolute Gasteiger partial charge is 0.226 e. The maximum Gasteiger partial charge on any atom is 0.226 e. The number of nitrogens with two attached hydrogens (primary N) is 1. The van der Waals surface area contributed by atoms with Crippen molar-refractivity contribution in [1.29, 1.82) is 0 Å². The summed E-state index contributed by atoms with van der Waals surface area (Å²) in [5.41, 5.74) is 7.77. The average molecular weight is 428 g/mol. The van der Waals surface area contributed by atoms with Crippen LogP contribution in [0.5, 0.6) is 0 Å². The lowest BCUT2D eigenvalue weighted by Crippen LogP contribution is -2.57. The summed E-state index contributed by atoms with van der Waals surface area (Å²) < 4.78 is 0. The van der Waals surface area contributed by atoms with Crippen LogP contribution in [0.15, 0.2) is 30.3 Å². The van der Waals surface area contributed by atoms with Gasteiger partial charge in [0.15, 0.2) is 0 Å². The second kappa shape index (κ2) is 10.3. The third-order valence-electron chi connectivity index (χ3n) is 7.01. The SMILES string of the molecule is C[C@@H]1CN(Cc2ccccc2)CCN1C(=O)C1CC2CCCC(C1)C2N.Cl.Cl. The first-order valence-electron chi connectivity index (χ1n) is 10.4. The van der Waals surface area contributed by atoms with Gasteiger partial charge in [0.05, 0.1) is 0 Å². The highest BCUT2D eigenvalue weighted by atomic mass is 35.5. The van der Waals surface area contributed by atoms with Crippen LogP contribution < -0.4 is 5.73 Å². The van der Waals surface area contributed by atoms with Crippen molar-refractivity contribution < 1.29 is 4.79 Å². The van der Waals surface area contributed by atoms with Crippen LogP contribution >= 0.6 is 24.8 Å². The summed E-state index contributed by atoms with van der Waals surface area (Å²) in [6.07, 6.45) is 5.79. The number of carbonyl (C=O) groups is 1. The molecule has 6 heteroatoms. The predicted octanol–water partition coefficient (Wildman–Crippen LogP) is 3.72. The molecule has 2 aliphatic carbocycles. The van der Waals surface area contributed by atoms with Crippen molar-refractivity contribution in [2.24, 2.45) is 23.5 Å². The van der Waals surface area contributed by atoms with Crippen molar-refractivity contribution in [1.82, 2.24) is 9.80 Å². The number of benzene rings is 1. The fourth-order valence-corrected chi connectivity index (χ4v) is 5.57. The molecule has 2 bridgehead atoms. The van der Waals surface area contributed by atoms with Gasteiger partial charge in [0.25, 0.3) is 0 Å². The Kier molecular flexibility index (Phi) is 8.62. The molecule has 2 N–H and O–H groups in total. The quantitative estimate of drug-likeness (QED) is 0.799. The Bertz CT molecular complexity index is 615. The summed E-state index contributed by atoms with van der Waals surface area (Å²) >= 11 is 0. The van der Waals surface area contributed by atoms with Gasteiger partial charge in [0, 0.05) is 44.2 Å². The van der Waals surface area contributed by atoms with Crippen LogP contribution in [0.2, 0.25) is 0 Å². The van der Waals surface area contributed by atoms with Crippen molar-refractivity contribution in [3.8, 4) is 0 Å². The summed E-state index contributed by atoms with van der Waals surface area (Å²) in [7, 11) is 0. The molecular formula is C22H35Cl2N3O. The second-order valence-corrected chi connectivity index (χ2v) is 8.80. The number of hydrogen-bond acceptors (Lipinski definition) is 3. The number of fused-ring (bicyclic) bond motifs is 2. The van der Waals surface area contributed by atoms with Gasteiger partial charge >= 0.3 is 0 Å². The lowest BCUT2D eigenvalue weighted by molar-refractivity contribution is -0.143. The molecule has 1 heterocycles. The number of piperazine rings is 1. The zero-order chi connectivity index (χ0) is 18.1. The van der Waals surface area contributed by atoms with Crippen molar-refractivity contribution in [3.05, 3.63) is 35.9 Å². The molecule has 3 atom stereocenters. The standard InChI is InChI=1S/C22H33N3O.2ClH/c1-16-14-24(15-17-6-3-2-4-7-17)10-11-25(16)22(26)20-12-18-8-5-9-19(13-20)21(18)23;;/h2-4,6-7,16,18-21H,5,8-15,23H2,1H3;2*1H/t16-,18?,19?,20?,21?;;/m1../s1. The van der Waals surface area contributed by atoms with Crippen LogP contribution in [0.1, 0.15) is 44.6 Å². The Balaban J connectivity index is 0.00000140. The first-order valence-corrected chi connectivity index (χ1v) is 10.4. The number of rotatable bonds is 3. The molecule has 0 spiro atoms. The second-order valence-electron chi connectivity index (χ2n) is 8.80. The van der Waals surface area contributed by atoms with E-state index < -0.39 is 0 Å². The van der Waals surface area contributed by atoms with Crippen LogP contribution in [0.4, 0.5) is 0 Å². The molecule has 1 amide bonds. The van der Waals surface area contributed by atoms with Crippen LogP contribution in [0.25, 0.3) is 0 Å². The van der Waals surface area contributed by atoms with Crippen LogP contribution in [0.3, 0.4) is 0 Å². The molecule has 2 unspecified atom stereocenters. The normalized spacial score (nSPS) is 32.8. The largest absolute Gasteiger partial charge is 0.337 e. The Morgan fingerprint density at radius 3 is 2.32 bits per heavy atom. The topological polar surface area (TPSA) is 49.6 Å². The number of nitrogens with zero attached hydrogens (tertiary/aromatic N) is 2. The van der Waals surface area contributed by atoms with Crippen molar-refractivity contribution in [2.75, 3.05) is 19.6 Å². The fourth-order valence-electron chi connectivity index (χ4n) is 5.57. The number of halogens is 2. The van der Waals surface area contributed by atoms with Crippen LogP contribution in [-0.4, -0.2) is 47.4 Å². The van der Waals surface area contributed by atoms with E-state index in [0.717, 1.165) is 39.0 Å². The molecule has 4 rings (SSSR count). The van der Waals surface area contributed by atoms with E-state index in [1.54, 1.807) is 0 Å². The molecule has 0 radical (unpaired) electrons. The molecule has 1 aliphatic heterocycles. The van der Waals surface area contributed by atoms with Gasteiger partial charge in [-0.1, -0.05) is 36.8 Å². The van der Waals surface area contributed by atoms with E-state index in [0.29, 0.717) is 29.8 Å². The van der Waals surface area contributed by atoms with Gasteiger partial charge in [0.2, 0.25) is 5.91 Å². The van der Waals surface area contributed by atoms with Gasteiger partial charge in [-0.2, -0.15) is 0 Å². The van der Waals surface area contributed by atoms with Crippen molar-refractivity contribution in [3.63, 3.8) is 0 Å². The molecule has 2 saturated carbocycles. The van der Waals surface area contributed by atoms with Crippen LogP contribution in [0, 0.1) is 17.8 Å². The molecule has 3 aliphatic rings. The zero-order valence-electron chi connectivity index (χ0n) is 16.8. The number of amides is 1. The lowest BCUT2D eigenvalue weighted by Gasteiger charge is -2.46. The Labute approximate surface area is 182 Å². The average Bonchev–Trinajstić information content (AvgIpc) is 2.62. The Morgan fingerprint density at radius 1 is 1.07 bits per heavy atom. The Hall–Kier alpha value is -0.810. The van der Waals surface area contributed by atoms with Gasteiger partial charge in [-0.3, -0.25) is 9.69 Å². The maximum absolute atomic E-state index is 13.2. The first kappa shape index (κ1) is 23.5. The van der Waals surface area contributed by atoms with E-state index in [2.05, 4.69) is 47.1 Å². The third-order valence-corrected chi connectivity index (χ3v) is 7.01. The lowest BCUT2D eigenvalue weighted by atomic mass is 9.65. The monoisotopic (exact) mass is 427 g/mol. The van der Waals surface area contributed by atoms with E-state index in [1.807, 2.05) is 0 Å². The van der Waals surface area contributed by atoms with Crippen molar-refractivity contribution >= 4 is 30.7 Å². The highest BCUT2D eigenvalue weighted by Crippen LogP contribution is 2.42. The number of hydrogen-bond donors (Lipinski definition) is 1. The van der Waals surface area contributed by atoms with E-state index >= 15 is 0 Å². The minimum atomic E-state index is 0. The molecular weight excluding hydrogens is 393 g/mol. The molecule has 28 heavy (non-hydrogen) atoms.